The van der Waals surface area contributed by atoms with Crippen molar-refractivity contribution in [3.05, 3.63) is 71.3 Å². The van der Waals surface area contributed by atoms with Crippen molar-refractivity contribution in [1.82, 2.24) is 0 Å². The monoisotopic (exact) mass is 227 g/mol. The predicted octanol–water partition coefficient (Wildman–Crippen LogP) is 2.91. The zero-order valence-electron chi connectivity index (χ0n) is 8.89. The molecule has 0 fully saturated rings. The maximum absolute atomic E-state index is 5.55. The van der Waals surface area contributed by atoms with Crippen LogP contribution in [0.5, 0.6) is 0 Å². The van der Waals surface area contributed by atoms with Gasteiger partial charge in [0.2, 0.25) is 0 Å². The molecule has 0 amide bonds. The molecule has 0 saturated heterocycles. The Kier molecular flexibility index (Phi) is 3.32. The van der Waals surface area contributed by atoms with Crippen LogP contribution in [0.1, 0.15) is 16.7 Å². The molecule has 0 aliphatic heterocycles. The molecule has 2 rings (SSSR count). The lowest BCUT2D eigenvalue weighted by atomic mass is 10.0. The summed E-state index contributed by atoms with van der Waals surface area (Å²) in [4.78, 5) is 0.450. The van der Waals surface area contributed by atoms with E-state index in [0.717, 1.165) is 12.0 Å². The molecule has 0 unspecified atom stereocenters. The van der Waals surface area contributed by atoms with Gasteiger partial charge in [-0.15, -0.1) is 0 Å². The fraction of sp³-hybridized carbons (Fsp3) is 0.0714. The van der Waals surface area contributed by atoms with Gasteiger partial charge in [-0.25, -0.2) is 0 Å². The number of nitrogens with two attached hydrogens (primary N) is 1. The van der Waals surface area contributed by atoms with Gasteiger partial charge < -0.3 is 5.73 Å². The van der Waals surface area contributed by atoms with Crippen LogP contribution in [0.3, 0.4) is 0 Å². The van der Waals surface area contributed by atoms with Gasteiger partial charge in [-0.3, -0.25) is 0 Å². The average Bonchev–Trinajstić information content (AvgIpc) is 2.31. The first kappa shape index (κ1) is 10.8. The zero-order valence-corrected chi connectivity index (χ0v) is 9.71. The molecule has 16 heavy (non-hydrogen) atoms. The van der Waals surface area contributed by atoms with Gasteiger partial charge in [0, 0.05) is 5.56 Å². The number of thiocarbonyl (C=S) groups is 1. The van der Waals surface area contributed by atoms with Crippen molar-refractivity contribution < 1.29 is 0 Å². The summed E-state index contributed by atoms with van der Waals surface area (Å²) in [7, 11) is 0. The molecule has 0 saturated carbocycles. The van der Waals surface area contributed by atoms with Crippen LogP contribution in [0.2, 0.25) is 0 Å². The van der Waals surface area contributed by atoms with Crippen molar-refractivity contribution in [1.29, 1.82) is 0 Å². The Labute approximate surface area is 101 Å². The summed E-state index contributed by atoms with van der Waals surface area (Å²) in [6.45, 7) is 0. The highest BCUT2D eigenvalue weighted by atomic mass is 32.1. The van der Waals surface area contributed by atoms with E-state index in [-0.39, 0.29) is 0 Å². The standard InChI is InChI=1S/C14H13NS/c15-14(16)13-8-6-12(7-9-13)10-11-4-2-1-3-5-11/h1-9H,10H2,(H2,15,16). The Morgan fingerprint density at radius 1 is 0.875 bits per heavy atom. The molecular formula is C14H13NS. The Balaban J connectivity index is 2.14. The van der Waals surface area contributed by atoms with Crippen LogP contribution in [-0.4, -0.2) is 4.99 Å². The van der Waals surface area contributed by atoms with E-state index in [1.54, 1.807) is 0 Å². The van der Waals surface area contributed by atoms with Gasteiger partial charge in [0.05, 0.1) is 0 Å². The van der Waals surface area contributed by atoms with Crippen LogP contribution in [0.15, 0.2) is 54.6 Å². The second-order valence-corrected chi connectivity index (χ2v) is 4.16. The molecule has 0 bridgehead atoms. The third-order valence-corrected chi connectivity index (χ3v) is 2.73. The number of hydrogen-bond acceptors (Lipinski definition) is 1. The summed E-state index contributed by atoms with van der Waals surface area (Å²) < 4.78 is 0. The number of rotatable bonds is 3. The fourth-order valence-electron chi connectivity index (χ4n) is 1.62. The second kappa shape index (κ2) is 4.90. The highest BCUT2D eigenvalue weighted by Gasteiger charge is 1.98. The third kappa shape index (κ3) is 2.67. The van der Waals surface area contributed by atoms with E-state index >= 15 is 0 Å². The summed E-state index contributed by atoms with van der Waals surface area (Å²) in [5.74, 6) is 0. The highest BCUT2D eigenvalue weighted by molar-refractivity contribution is 7.80. The molecule has 0 radical (unpaired) electrons. The number of benzene rings is 2. The van der Waals surface area contributed by atoms with E-state index in [9.17, 15) is 0 Å². The van der Waals surface area contributed by atoms with Crippen LogP contribution in [0.4, 0.5) is 0 Å². The maximum Gasteiger partial charge on any atom is 0.103 e. The molecule has 2 N–H and O–H groups in total. The van der Waals surface area contributed by atoms with Gasteiger partial charge in [0.25, 0.3) is 0 Å². The molecule has 0 atom stereocenters. The lowest BCUT2D eigenvalue weighted by Crippen LogP contribution is -2.08. The molecule has 2 aromatic carbocycles. The van der Waals surface area contributed by atoms with Crippen LogP contribution in [0, 0.1) is 0 Å². The topological polar surface area (TPSA) is 26.0 Å². The first-order chi connectivity index (χ1) is 7.75. The minimum absolute atomic E-state index is 0.450. The molecule has 0 spiro atoms. The third-order valence-electron chi connectivity index (χ3n) is 2.49. The van der Waals surface area contributed by atoms with Gasteiger partial charge in [0.1, 0.15) is 4.99 Å². The molecule has 0 aliphatic rings. The summed E-state index contributed by atoms with van der Waals surface area (Å²) in [6, 6.07) is 18.5. The van der Waals surface area contributed by atoms with Crippen LogP contribution in [0.25, 0.3) is 0 Å². The molecule has 2 aromatic rings. The van der Waals surface area contributed by atoms with Gasteiger partial charge in [0.15, 0.2) is 0 Å². The first-order valence-corrected chi connectivity index (χ1v) is 5.59. The normalized spacial score (nSPS) is 10.0. The highest BCUT2D eigenvalue weighted by Crippen LogP contribution is 2.10. The van der Waals surface area contributed by atoms with E-state index < -0.39 is 0 Å². The SMILES string of the molecule is NC(=S)c1ccc(Cc2ccccc2)cc1. The van der Waals surface area contributed by atoms with Gasteiger partial charge in [-0.1, -0.05) is 66.8 Å². The zero-order chi connectivity index (χ0) is 11.4. The summed E-state index contributed by atoms with van der Waals surface area (Å²) >= 11 is 4.91. The molecule has 2 heteroatoms. The fourth-order valence-corrected chi connectivity index (χ4v) is 1.75. The maximum atomic E-state index is 5.55. The van der Waals surface area contributed by atoms with E-state index in [1.165, 1.54) is 11.1 Å². The van der Waals surface area contributed by atoms with Crippen molar-refractivity contribution in [3.8, 4) is 0 Å². The van der Waals surface area contributed by atoms with Crippen molar-refractivity contribution in [2.24, 2.45) is 5.73 Å². The Morgan fingerprint density at radius 2 is 1.44 bits per heavy atom. The van der Waals surface area contributed by atoms with Crippen LogP contribution in [-0.2, 0) is 6.42 Å². The summed E-state index contributed by atoms with van der Waals surface area (Å²) in [5, 5.41) is 0. The molecule has 0 heterocycles. The Hall–Kier alpha value is -1.67. The van der Waals surface area contributed by atoms with Gasteiger partial charge >= 0.3 is 0 Å². The Morgan fingerprint density at radius 3 is 2.00 bits per heavy atom. The minimum atomic E-state index is 0.450. The second-order valence-electron chi connectivity index (χ2n) is 3.72. The number of hydrogen-bond donors (Lipinski definition) is 1. The molecule has 1 nitrogen and oxygen atoms in total. The summed E-state index contributed by atoms with van der Waals surface area (Å²) in [6.07, 6.45) is 0.943. The van der Waals surface area contributed by atoms with Crippen molar-refractivity contribution in [2.45, 2.75) is 6.42 Å². The predicted molar refractivity (Wildman–Crippen MR) is 71.6 cm³/mol. The average molecular weight is 227 g/mol. The molecule has 0 aromatic heterocycles. The van der Waals surface area contributed by atoms with Crippen molar-refractivity contribution in [2.75, 3.05) is 0 Å². The summed E-state index contributed by atoms with van der Waals surface area (Å²) in [5.41, 5.74) is 9.05. The van der Waals surface area contributed by atoms with Crippen molar-refractivity contribution >= 4 is 17.2 Å². The smallest absolute Gasteiger partial charge is 0.103 e. The quantitative estimate of drug-likeness (QED) is 0.816. The van der Waals surface area contributed by atoms with Crippen LogP contribution >= 0.6 is 12.2 Å². The Bertz CT molecular complexity index is 474. The first-order valence-electron chi connectivity index (χ1n) is 5.18. The molecule has 0 aliphatic carbocycles. The van der Waals surface area contributed by atoms with Crippen LogP contribution < -0.4 is 5.73 Å². The van der Waals surface area contributed by atoms with E-state index in [1.807, 2.05) is 18.2 Å². The van der Waals surface area contributed by atoms with E-state index in [2.05, 4.69) is 36.4 Å². The van der Waals surface area contributed by atoms with E-state index in [0.29, 0.717) is 4.99 Å². The van der Waals surface area contributed by atoms with Crippen molar-refractivity contribution in [3.63, 3.8) is 0 Å². The van der Waals surface area contributed by atoms with E-state index in [4.69, 9.17) is 18.0 Å². The lowest BCUT2D eigenvalue weighted by molar-refractivity contribution is 1.19. The van der Waals surface area contributed by atoms with Gasteiger partial charge in [-0.2, -0.15) is 0 Å². The minimum Gasteiger partial charge on any atom is -0.389 e. The molecule has 80 valence electrons. The largest absolute Gasteiger partial charge is 0.389 e. The lowest BCUT2D eigenvalue weighted by Gasteiger charge is -2.03. The molecular weight excluding hydrogens is 214 g/mol. The van der Waals surface area contributed by atoms with Gasteiger partial charge in [-0.05, 0) is 17.5 Å².